The first-order valence-corrected chi connectivity index (χ1v) is 8.07. The summed E-state index contributed by atoms with van der Waals surface area (Å²) in [5.74, 6) is -2.03. The van der Waals surface area contributed by atoms with Crippen LogP contribution in [0.4, 0.5) is 0 Å². The molecule has 1 aliphatic heterocycles. The predicted octanol–water partition coefficient (Wildman–Crippen LogP) is 2.35. The number of likely N-dealkylation sites (tertiary alicyclic amines) is 1. The maximum atomic E-state index is 12.6. The zero-order chi connectivity index (χ0) is 19.6. The molecule has 0 aromatic heterocycles. The number of amides is 1. The van der Waals surface area contributed by atoms with E-state index in [1.54, 1.807) is 30.3 Å². The second kappa shape index (κ2) is 7.22. The third kappa shape index (κ3) is 3.09. The summed E-state index contributed by atoms with van der Waals surface area (Å²) < 4.78 is 5.09. The monoisotopic (exact) mass is 364 g/mol. The molecule has 0 unspecified atom stereocenters. The van der Waals surface area contributed by atoms with Gasteiger partial charge in [0.15, 0.2) is 11.5 Å². The van der Waals surface area contributed by atoms with Crippen LogP contribution in [-0.2, 0) is 9.59 Å². The van der Waals surface area contributed by atoms with Gasteiger partial charge in [-0.25, -0.2) is 0 Å². The first kappa shape index (κ1) is 18.0. The van der Waals surface area contributed by atoms with Crippen molar-refractivity contribution in [2.75, 3.05) is 13.7 Å². The van der Waals surface area contributed by atoms with Crippen LogP contribution in [0.15, 0.2) is 54.1 Å². The maximum Gasteiger partial charge on any atom is 0.296 e. The van der Waals surface area contributed by atoms with Gasteiger partial charge in [0.1, 0.15) is 12.3 Å². The minimum atomic E-state index is -0.973. The van der Waals surface area contributed by atoms with Crippen LogP contribution < -0.4 is 4.74 Å². The molecule has 2 N–H and O–H groups in total. The highest BCUT2D eigenvalue weighted by Gasteiger charge is 2.46. The maximum absolute atomic E-state index is 12.6. The highest BCUT2D eigenvalue weighted by molar-refractivity contribution is 6.46. The number of aliphatic hydroxyl groups excluding tert-OH is 1. The van der Waals surface area contributed by atoms with E-state index in [-0.39, 0.29) is 29.4 Å². The highest BCUT2D eigenvalue weighted by Crippen LogP contribution is 2.41. The first-order chi connectivity index (χ1) is 13.0. The summed E-state index contributed by atoms with van der Waals surface area (Å²) in [5, 5.41) is 29.6. The van der Waals surface area contributed by atoms with Crippen molar-refractivity contribution in [3.8, 4) is 17.6 Å². The van der Waals surface area contributed by atoms with Gasteiger partial charge in [-0.1, -0.05) is 36.4 Å². The molecule has 7 heteroatoms. The molecular weight excluding hydrogens is 348 g/mol. The van der Waals surface area contributed by atoms with Crippen molar-refractivity contribution in [1.82, 2.24) is 4.90 Å². The zero-order valence-electron chi connectivity index (χ0n) is 14.4. The summed E-state index contributed by atoms with van der Waals surface area (Å²) >= 11 is 0. The molecule has 2 aromatic carbocycles. The van der Waals surface area contributed by atoms with Crippen molar-refractivity contribution in [3.63, 3.8) is 0 Å². The van der Waals surface area contributed by atoms with Crippen molar-refractivity contribution >= 4 is 17.4 Å². The van der Waals surface area contributed by atoms with Crippen LogP contribution in [0.5, 0.6) is 11.5 Å². The number of nitrogens with zero attached hydrogens (tertiary/aromatic N) is 2. The quantitative estimate of drug-likeness (QED) is 0.373. The van der Waals surface area contributed by atoms with Crippen LogP contribution in [-0.4, -0.2) is 40.5 Å². The Balaban J connectivity index is 2.23. The third-order valence-electron chi connectivity index (χ3n) is 4.35. The molecular formula is C20H16N2O5. The predicted molar refractivity (Wildman–Crippen MR) is 95.7 cm³/mol. The van der Waals surface area contributed by atoms with Gasteiger partial charge in [-0.05, 0) is 17.7 Å². The number of ketones is 1. The fraction of sp³-hybridized carbons (Fsp3) is 0.150. The van der Waals surface area contributed by atoms with E-state index in [9.17, 15) is 19.8 Å². The number of carbonyl (C=O) groups excluding carboxylic acids is 2. The van der Waals surface area contributed by atoms with Gasteiger partial charge in [-0.3, -0.25) is 9.59 Å². The van der Waals surface area contributed by atoms with Crippen LogP contribution in [0.25, 0.3) is 5.76 Å². The van der Waals surface area contributed by atoms with E-state index in [0.29, 0.717) is 11.1 Å². The van der Waals surface area contributed by atoms with E-state index < -0.39 is 17.7 Å². The second-order valence-corrected chi connectivity index (χ2v) is 5.88. The van der Waals surface area contributed by atoms with Crippen molar-refractivity contribution < 1.29 is 24.5 Å². The fourth-order valence-corrected chi connectivity index (χ4v) is 3.08. The van der Waals surface area contributed by atoms with Gasteiger partial charge in [0.2, 0.25) is 0 Å². The Kier molecular flexibility index (Phi) is 4.81. The Morgan fingerprint density at radius 2 is 1.93 bits per heavy atom. The van der Waals surface area contributed by atoms with Crippen molar-refractivity contribution in [2.45, 2.75) is 6.04 Å². The van der Waals surface area contributed by atoms with Crippen molar-refractivity contribution in [2.24, 2.45) is 0 Å². The standard InChI is InChI=1S/C20H16N2O5/c1-27-15-11-13(7-8-14(15)23)17-16(18(24)12-5-3-2-4-6-12)19(25)20(26)22(17)10-9-21/h2-8,11,17,23-24H,10H2,1H3/t17-/m1/s1. The number of rotatable bonds is 4. The zero-order valence-corrected chi connectivity index (χ0v) is 14.4. The first-order valence-electron chi connectivity index (χ1n) is 8.07. The number of phenolic OH excluding ortho intramolecular Hbond substituents is 1. The summed E-state index contributed by atoms with van der Waals surface area (Å²) in [6, 6.07) is 13.6. The number of phenols is 1. The second-order valence-electron chi connectivity index (χ2n) is 5.88. The molecule has 1 atom stereocenters. The Bertz CT molecular complexity index is 976. The Labute approximate surface area is 155 Å². The summed E-state index contributed by atoms with van der Waals surface area (Å²) in [6.45, 7) is -0.329. The van der Waals surface area contributed by atoms with Gasteiger partial charge >= 0.3 is 0 Å². The largest absolute Gasteiger partial charge is 0.507 e. The van der Waals surface area contributed by atoms with Gasteiger partial charge in [0.25, 0.3) is 11.7 Å². The molecule has 3 rings (SSSR count). The number of nitriles is 1. The van der Waals surface area contributed by atoms with Gasteiger partial charge in [-0.15, -0.1) is 0 Å². The van der Waals surface area contributed by atoms with Crippen LogP contribution >= 0.6 is 0 Å². The number of aromatic hydroxyl groups is 1. The Morgan fingerprint density at radius 1 is 1.22 bits per heavy atom. The normalized spacial score (nSPS) is 18.4. The minimum absolute atomic E-state index is 0.110. The number of benzene rings is 2. The molecule has 1 amide bonds. The Morgan fingerprint density at radius 3 is 2.56 bits per heavy atom. The molecule has 136 valence electrons. The highest BCUT2D eigenvalue weighted by atomic mass is 16.5. The number of ether oxygens (including phenoxy) is 1. The number of hydrogen-bond acceptors (Lipinski definition) is 6. The lowest BCUT2D eigenvalue weighted by atomic mass is 9.95. The molecule has 1 fully saturated rings. The van der Waals surface area contributed by atoms with Gasteiger partial charge in [-0.2, -0.15) is 5.26 Å². The molecule has 0 radical (unpaired) electrons. The average molecular weight is 364 g/mol. The smallest absolute Gasteiger partial charge is 0.296 e. The van der Waals surface area contributed by atoms with E-state index in [0.717, 1.165) is 4.90 Å². The van der Waals surface area contributed by atoms with E-state index >= 15 is 0 Å². The number of hydrogen-bond donors (Lipinski definition) is 2. The molecule has 1 heterocycles. The van der Waals surface area contributed by atoms with Crippen molar-refractivity contribution in [1.29, 1.82) is 5.26 Å². The van der Waals surface area contributed by atoms with Crippen LogP contribution in [0.3, 0.4) is 0 Å². The number of carbonyl (C=O) groups is 2. The topological polar surface area (TPSA) is 111 Å². The molecule has 0 saturated carbocycles. The van der Waals surface area contributed by atoms with E-state index in [4.69, 9.17) is 10.00 Å². The minimum Gasteiger partial charge on any atom is -0.507 e. The molecule has 0 spiro atoms. The van der Waals surface area contributed by atoms with E-state index in [1.807, 2.05) is 6.07 Å². The summed E-state index contributed by atoms with van der Waals surface area (Å²) in [4.78, 5) is 26.1. The third-order valence-corrected chi connectivity index (χ3v) is 4.35. The molecule has 7 nitrogen and oxygen atoms in total. The molecule has 27 heavy (non-hydrogen) atoms. The average Bonchev–Trinajstić information content (AvgIpc) is 2.94. The SMILES string of the molecule is COc1cc([C@@H]2C(=C(O)c3ccccc3)C(=O)C(=O)N2CC#N)ccc1O. The van der Waals surface area contributed by atoms with Crippen LogP contribution in [0, 0.1) is 11.3 Å². The molecule has 0 aliphatic carbocycles. The Hall–Kier alpha value is -3.79. The lowest BCUT2D eigenvalue weighted by Gasteiger charge is -2.23. The lowest BCUT2D eigenvalue weighted by molar-refractivity contribution is -0.139. The van der Waals surface area contributed by atoms with Crippen LogP contribution in [0.2, 0.25) is 0 Å². The summed E-state index contributed by atoms with van der Waals surface area (Å²) in [5.41, 5.74) is 0.689. The number of aliphatic hydroxyl groups is 1. The van der Waals surface area contributed by atoms with Gasteiger partial charge in [0.05, 0.1) is 24.8 Å². The van der Waals surface area contributed by atoms with E-state index in [1.165, 1.54) is 25.3 Å². The number of Topliss-reactive ketones (excluding diaryl/α,β-unsaturated/α-hetero) is 1. The molecule has 1 aliphatic rings. The van der Waals surface area contributed by atoms with Crippen molar-refractivity contribution in [3.05, 3.63) is 65.2 Å². The summed E-state index contributed by atoms with van der Waals surface area (Å²) in [7, 11) is 1.37. The van der Waals surface area contributed by atoms with Gasteiger partial charge in [0, 0.05) is 5.56 Å². The molecule has 1 saturated heterocycles. The van der Waals surface area contributed by atoms with Gasteiger partial charge < -0.3 is 19.8 Å². The van der Waals surface area contributed by atoms with E-state index in [2.05, 4.69) is 0 Å². The fourth-order valence-electron chi connectivity index (χ4n) is 3.08. The summed E-state index contributed by atoms with van der Waals surface area (Å²) in [6.07, 6.45) is 0. The number of methoxy groups -OCH3 is 1. The molecule has 0 bridgehead atoms. The lowest BCUT2D eigenvalue weighted by Crippen LogP contribution is -2.30. The molecule has 2 aromatic rings. The van der Waals surface area contributed by atoms with Crippen LogP contribution in [0.1, 0.15) is 17.2 Å².